The zero-order chi connectivity index (χ0) is 54.0. The quantitative estimate of drug-likeness (QED) is 0.0547. The number of carboxylic acids is 1. The van der Waals surface area contributed by atoms with Crippen molar-refractivity contribution in [2.24, 2.45) is 11.8 Å². The molecule has 16 nitrogen and oxygen atoms in total. The summed E-state index contributed by atoms with van der Waals surface area (Å²) in [5.41, 5.74) is 2.71. The zero-order valence-electron chi connectivity index (χ0n) is 45.0. The van der Waals surface area contributed by atoms with Crippen molar-refractivity contribution in [3.63, 3.8) is 0 Å². The second-order valence-corrected chi connectivity index (χ2v) is 21.1. The molecule has 4 rings (SSSR count). The molecule has 4 N–H and O–H groups in total. The van der Waals surface area contributed by atoms with Gasteiger partial charge in [-0.2, -0.15) is 0 Å². The molecule has 1 aliphatic heterocycles. The Balaban J connectivity index is 1.82. The molecular weight excluding hydrogens is 933 g/mol. The SMILES string of the molecule is CCCCCCCc1ccc(C(=O)C[C@@H](CCNC(=O)OC(C)(C)C)C(=O)N(C)[C@@H]2C(=O)C[C@@H](C)C(=O)N[C@H](C(=O)O)Cc3ccc(OCCNC(=O)OC(C)(C)C)c(c3)-c3cc2ccc3OCCC)c(C)c1. The van der Waals surface area contributed by atoms with E-state index in [4.69, 9.17) is 18.9 Å². The monoisotopic (exact) mass is 1010 g/mol. The number of carboxylic acid groups (broad SMARTS) is 1. The van der Waals surface area contributed by atoms with E-state index in [9.17, 15) is 33.9 Å². The predicted octanol–water partition coefficient (Wildman–Crippen LogP) is 9.89. The summed E-state index contributed by atoms with van der Waals surface area (Å²) in [7, 11) is 1.48. The molecule has 0 aliphatic carbocycles. The van der Waals surface area contributed by atoms with E-state index in [1.807, 2.05) is 26.0 Å². The lowest BCUT2D eigenvalue weighted by molar-refractivity contribution is -0.144. The Labute approximate surface area is 432 Å². The summed E-state index contributed by atoms with van der Waals surface area (Å²) in [5.74, 6) is -4.58. The molecule has 400 valence electrons. The number of ether oxygens (including phenoxy) is 4. The third-order valence-electron chi connectivity index (χ3n) is 12.3. The number of aryl methyl sites for hydroxylation is 2. The van der Waals surface area contributed by atoms with Crippen LogP contribution in [0.5, 0.6) is 11.5 Å². The summed E-state index contributed by atoms with van der Waals surface area (Å²) in [5, 5.41) is 18.3. The lowest BCUT2D eigenvalue weighted by Crippen LogP contribution is -2.46. The van der Waals surface area contributed by atoms with Gasteiger partial charge in [-0.05, 0) is 121 Å². The standard InChI is InChI=1S/C57H80N4O12/c1-12-14-15-16-17-18-38-19-22-42(36(3)30-38)46(62)35-41(25-26-58-54(68)72-56(5,6)7)52(65)61(11)50-40-21-24-49(70-28-13-2)44(34-40)43-32-39(33-45(53(66)67)60-51(64)37(4)31-47(50)63)20-23-48(43)71-29-27-59-55(69)73-57(8,9)10/h19-24,30,32,34,37,41,45,50H,12-18,25-29,31,33,35H2,1-11H3,(H,58,68)(H,59,69)(H,60,64)(H,66,67)/t37-,41-,45+,50+/m1/s1. The maximum Gasteiger partial charge on any atom is 0.407 e. The van der Waals surface area contributed by atoms with Gasteiger partial charge in [-0.3, -0.25) is 19.2 Å². The highest BCUT2D eigenvalue weighted by atomic mass is 16.6. The van der Waals surface area contributed by atoms with Crippen molar-refractivity contribution in [3.05, 3.63) is 82.4 Å². The average molecular weight is 1010 g/mol. The van der Waals surface area contributed by atoms with E-state index in [1.54, 1.807) is 84.0 Å². The highest BCUT2D eigenvalue weighted by Gasteiger charge is 2.37. The average Bonchev–Trinajstić information content (AvgIpc) is 3.30. The van der Waals surface area contributed by atoms with Crippen LogP contribution in [0.25, 0.3) is 11.1 Å². The van der Waals surface area contributed by atoms with Gasteiger partial charge in [0.1, 0.15) is 41.4 Å². The van der Waals surface area contributed by atoms with Gasteiger partial charge in [0.15, 0.2) is 11.6 Å². The Hall–Kier alpha value is -6.45. The fourth-order valence-electron chi connectivity index (χ4n) is 8.67. The first-order chi connectivity index (χ1) is 34.4. The van der Waals surface area contributed by atoms with E-state index in [0.29, 0.717) is 52.3 Å². The summed E-state index contributed by atoms with van der Waals surface area (Å²) in [4.78, 5) is 97.3. The largest absolute Gasteiger partial charge is 0.493 e. The summed E-state index contributed by atoms with van der Waals surface area (Å²) < 4.78 is 23.4. The number of alkyl carbamates (subject to hydrolysis) is 2. The molecule has 0 fully saturated rings. The van der Waals surface area contributed by atoms with Gasteiger partial charge in [0.2, 0.25) is 11.8 Å². The molecule has 1 heterocycles. The van der Waals surface area contributed by atoms with E-state index >= 15 is 4.79 Å². The smallest absolute Gasteiger partial charge is 0.407 e. The first kappa shape index (κ1) is 59.1. The maximum absolute atomic E-state index is 15.2. The minimum absolute atomic E-state index is 0.00612. The van der Waals surface area contributed by atoms with Gasteiger partial charge in [0.05, 0.1) is 13.2 Å². The fraction of sp³-hybridized carbons (Fsp3) is 0.561. The predicted molar refractivity (Wildman–Crippen MR) is 280 cm³/mol. The molecule has 0 unspecified atom stereocenters. The maximum atomic E-state index is 15.2. The minimum atomic E-state index is -1.36. The second kappa shape index (κ2) is 27.6. The van der Waals surface area contributed by atoms with Crippen molar-refractivity contribution < 1.29 is 57.6 Å². The van der Waals surface area contributed by atoms with Crippen LogP contribution in [-0.2, 0) is 41.5 Å². The second-order valence-electron chi connectivity index (χ2n) is 21.1. The van der Waals surface area contributed by atoms with Crippen LogP contribution in [0, 0.1) is 18.8 Å². The van der Waals surface area contributed by atoms with Crippen LogP contribution >= 0.6 is 0 Å². The van der Waals surface area contributed by atoms with Gasteiger partial charge >= 0.3 is 18.2 Å². The van der Waals surface area contributed by atoms with Gasteiger partial charge in [-0.15, -0.1) is 0 Å². The highest BCUT2D eigenvalue weighted by molar-refractivity contribution is 6.01. The molecule has 3 aromatic carbocycles. The van der Waals surface area contributed by atoms with Crippen LogP contribution in [-0.4, -0.2) is 102 Å². The molecule has 0 radical (unpaired) electrons. The number of hydrogen-bond acceptors (Lipinski definition) is 11. The van der Waals surface area contributed by atoms with Crippen molar-refractivity contribution in [3.8, 4) is 22.6 Å². The van der Waals surface area contributed by atoms with Crippen molar-refractivity contribution in [2.75, 3.05) is 33.4 Å². The number of carbonyl (C=O) groups excluding carboxylic acids is 6. The third-order valence-corrected chi connectivity index (χ3v) is 12.3. The molecule has 4 atom stereocenters. The van der Waals surface area contributed by atoms with Crippen LogP contribution < -0.4 is 25.4 Å². The van der Waals surface area contributed by atoms with Crippen molar-refractivity contribution in [1.29, 1.82) is 0 Å². The molecule has 4 bridgehead atoms. The molecule has 0 saturated carbocycles. The molecule has 16 heteroatoms. The molecule has 1 aliphatic rings. The molecule has 73 heavy (non-hydrogen) atoms. The molecular formula is C57H80N4O12. The minimum Gasteiger partial charge on any atom is -0.493 e. The molecule has 4 amide bonds. The Morgan fingerprint density at radius 3 is 2.00 bits per heavy atom. The van der Waals surface area contributed by atoms with Crippen molar-refractivity contribution in [2.45, 2.75) is 163 Å². The van der Waals surface area contributed by atoms with Gasteiger partial charge in [-0.25, -0.2) is 14.4 Å². The first-order valence-corrected chi connectivity index (χ1v) is 25.8. The van der Waals surface area contributed by atoms with Gasteiger partial charge < -0.3 is 44.9 Å². The number of hydrogen-bond donors (Lipinski definition) is 4. The Morgan fingerprint density at radius 2 is 1.38 bits per heavy atom. The van der Waals surface area contributed by atoms with Crippen LogP contribution in [0.15, 0.2) is 54.6 Å². The summed E-state index contributed by atoms with van der Waals surface area (Å²) in [6, 6.07) is 13.3. The van der Waals surface area contributed by atoms with Gasteiger partial charge in [0.25, 0.3) is 0 Å². The van der Waals surface area contributed by atoms with Crippen molar-refractivity contribution in [1.82, 2.24) is 20.9 Å². The normalized spacial score (nSPS) is 16.5. The molecule has 0 saturated heterocycles. The number of likely N-dealkylation sites (N-methyl/N-ethyl adjacent to an activating group) is 1. The number of ketones is 2. The number of benzene rings is 3. The summed E-state index contributed by atoms with van der Waals surface area (Å²) >= 11 is 0. The lowest BCUT2D eigenvalue weighted by Gasteiger charge is -2.32. The number of nitrogens with one attached hydrogen (secondary N) is 3. The molecule has 3 aromatic rings. The van der Waals surface area contributed by atoms with E-state index in [1.165, 1.54) is 31.7 Å². The van der Waals surface area contributed by atoms with Gasteiger partial charge in [-0.1, -0.05) is 76.8 Å². The number of fused-ring (bicyclic) bond motifs is 5. The number of amides is 4. The highest BCUT2D eigenvalue weighted by Crippen LogP contribution is 2.41. The van der Waals surface area contributed by atoms with Crippen molar-refractivity contribution >= 4 is 41.5 Å². The number of nitrogens with zero attached hydrogens (tertiary/aromatic N) is 1. The van der Waals surface area contributed by atoms with Crippen LogP contribution in [0.1, 0.15) is 159 Å². The number of rotatable bonds is 22. The Morgan fingerprint density at radius 1 is 0.767 bits per heavy atom. The van der Waals surface area contributed by atoms with E-state index in [2.05, 4.69) is 22.9 Å². The van der Waals surface area contributed by atoms with Crippen LogP contribution in [0.2, 0.25) is 0 Å². The number of unbranched alkanes of at least 4 members (excludes halogenated alkanes) is 4. The Kier molecular flexibility index (Phi) is 22.3. The number of Topliss-reactive ketones (excluding diaryl/α,β-unsaturated/α-hetero) is 2. The zero-order valence-corrected chi connectivity index (χ0v) is 45.0. The summed E-state index contributed by atoms with van der Waals surface area (Å²) in [6.45, 7) is 18.4. The first-order valence-electron chi connectivity index (χ1n) is 25.8. The molecule has 0 aromatic heterocycles. The number of aliphatic carboxylic acids is 1. The van der Waals surface area contributed by atoms with Crippen LogP contribution in [0.4, 0.5) is 9.59 Å². The van der Waals surface area contributed by atoms with E-state index < -0.39 is 70.9 Å². The summed E-state index contributed by atoms with van der Waals surface area (Å²) in [6.07, 6.45) is 5.22. The third kappa shape index (κ3) is 18.8. The van der Waals surface area contributed by atoms with E-state index in [-0.39, 0.29) is 51.2 Å². The topological polar surface area (TPSA) is 216 Å². The fourth-order valence-corrected chi connectivity index (χ4v) is 8.67. The lowest BCUT2D eigenvalue weighted by atomic mass is 9.88. The number of carbonyl (C=O) groups is 7. The van der Waals surface area contributed by atoms with Gasteiger partial charge in [0, 0.05) is 61.4 Å². The van der Waals surface area contributed by atoms with Crippen LogP contribution in [0.3, 0.4) is 0 Å². The Bertz CT molecular complexity index is 2400. The van der Waals surface area contributed by atoms with E-state index in [0.717, 1.165) is 36.8 Å². The molecule has 0 spiro atoms.